The maximum absolute atomic E-state index is 5.87. The van der Waals surface area contributed by atoms with Crippen LogP contribution in [0.5, 0.6) is 0 Å². The van der Waals surface area contributed by atoms with Gasteiger partial charge in [0.05, 0.1) is 0 Å². The summed E-state index contributed by atoms with van der Waals surface area (Å²) in [7, 11) is 0. The Balaban J connectivity index is 1.80. The van der Waals surface area contributed by atoms with E-state index in [1.807, 2.05) is 34.9 Å². The minimum Gasteiger partial charge on any atom is -0.436 e. The molecule has 2 heterocycles. The van der Waals surface area contributed by atoms with Gasteiger partial charge in [-0.1, -0.05) is 19.1 Å². The predicted octanol–water partition coefficient (Wildman–Crippen LogP) is 3.64. The van der Waals surface area contributed by atoms with Crippen LogP contribution >= 0.6 is 0 Å². The van der Waals surface area contributed by atoms with Gasteiger partial charge in [0.2, 0.25) is 5.89 Å². The van der Waals surface area contributed by atoms with Gasteiger partial charge in [0.1, 0.15) is 18.2 Å². The van der Waals surface area contributed by atoms with Gasteiger partial charge in [0.25, 0.3) is 0 Å². The van der Waals surface area contributed by atoms with E-state index in [9.17, 15) is 0 Å². The van der Waals surface area contributed by atoms with Crippen molar-refractivity contribution in [2.75, 3.05) is 0 Å². The Bertz CT molecular complexity index is 925. The highest BCUT2D eigenvalue weighted by Crippen LogP contribution is 2.26. The number of hydrogen-bond acceptors (Lipinski definition) is 4. The first-order chi connectivity index (χ1) is 10.8. The SMILES string of the molecule is CCc1ccc2oc(-c3cccc(-n4cnnc4)c3)nc2c1. The number of hydrogen-bond donors (Lipinski definition) is 0. The van der Waals surface area contributed by atoms with E-state index < -0.39 is 0 Å². The van der Waals surface area contributed by atoms with Crippen LogP contribution in [-0.2, 0) is 6.42 Å². The van der Waals surface area contributed by atoms with Gasteiger partial charge in [-0.15, -0.1) is 10.2 Å². The number of fused-ring (bicyclic) bond motifs is 1. The molecule has 2 aromatic heterocycles. The zero-order chi connectivity index (χ0) is 14.9. The van der Waals surface area contributed by atoms with Crippen LogP contribution < -0.4 is 0 Å². The van der Waals surface area contributed by atoms with Crippen molar-refractivity contribution in [3.05, 3.63) is 60.7 Å². The summed E-state index contributed by atoms with van der Waals surface area (Å²) in [5.74, 6) is 0.623. The van der Waals surface area contributed by atoms with E-state index in [0.29, 0.717) is 5.89 Å². The van der Waals surface area contributed by atoms with Crippen molar-refractivity contribution >= 4 is 11.1 Å². The molecular formula is C17H14N4O. The van der Waals surface area contributed by atoms with Crippen LogP contribution in [0, 0.1) is 0 Å². The first kappa shape index (κ1) is 12.8. The van der Waals surface area contributed by atoms with E-state index in [0.717, 1.165) is 28.8 Å². The standard InChI is InChI=1S/C17H14N4O/c1-2-12-6-7-16-15(8-12)20-17(22-16)13-4-3-5-14(9-13)21-10-18-19-11-21/h3-11H,2H2,1H3. The second-order valence-electron chi connectivity index (χ2n) is 5.09. The number of aryl methyl sites for hydroxylation is 1. The molecule has 0 saturated carbocycles. The second-order valence-corrected chi connectivity index (χ2v) is 5.09. The first-order valence-electron chi connectivity index (χ1n) is 7.18. The fourth-order valence-corrected chi connectivity index (χ4v) is 2.45. The predicted molar refractivity (Wildman–Crippen MR) is 83.7 cm³/mol. The van der Waals surface area contributed by atoms with Gasteiger partial charge in [-0.2, -0.15) is 0 Å². The number of nitrogens with zero attached hydrogens (tertiary/aromatic N) is 4. The maximum Gasteiger partial charge on any atom is 0.227 e. The molecule has 5 heteroatoms. The van der Waals surface area contributed by atoms with E-state index in [-0.39, 0.29) is 0 Å². The fourth-order valence-electron chi connectivity index (χ4n) is 2.45. The molecule has 0 aliphatic rings. The van der Waals surface area contributed by atoms with Gasteiger partial charge in [-0.05, 0) is 42.3 Å². The third-order valence-corrected chi connectivity index (χ3v) is 3.67. The lowest BCUT2D eigenvalue weighted by Gasteiger charge is -2.02. The monoisotopic (exact) mass is 290 g/mol. The highest BCUT2D eigenvalue weighted by atomic mass is 16.3. The third kappa shape index (κ3) is 2.16. The molecule has 0 N–H and O–H groups in total. The quantitative estimate of drug-likeness (QED) is 0.578. The molecule has 0 fully saturated rings. The molecule has 0 amide bonds. The Morgan fingerprint density at radius 1 is 1.05 bits per heavy atom. The van der Waals surface area contributed by atoms with Gasteiger partial charge < -0.3 is 4.42 Å². The van der Waals surface area contributed by atoms with E-state index in [1.54, 1.807) is 12.7 Å². The second kappa shape index (κ2) is 5.11. The third-order valence-electron chi connectivity index (χ3n) is 3.67. The lowest BCUT2D eigenvalue weighted by molar-refractivity contribution is 0.619. The normalized spacial score (nSPS) is 11.1. The molecule has 0 aliphatic heterocycles. The largest absolute Gasteiger partial charge is 0.436 e. The number of aromatic nitrogens is 4. The summed E-state index contributed by atoms with van der Waals surface area (Å²) in [5.41, 5.74) is 4.86. The van der Waals surface area contributed by atoms with E-state index >= 15 is 0 Å². The van der Waals surface area contributed by atoms with Crippen molar-refractivity contribution in [1.82, 2.24) is 19.7 Å². The lowest BCUT2D eigenvalue weighted by Crippen LogP contribution is -1.90. The zero-order valence-electron chi connectivity index (χ0n) is 12.1. The Labute approximate surface area is 127 Å². The van der Waals surface area contributed by atoms with Gasteiger partial charge in [-0.3, -0.25) is 4.57 Å². The highest BCUT2D eigenvalue weighted by molar-refractivity contribution is 5.77. The molecule has 0 spiro atoms. The summed E-state index contributed by atoms with van der Waals surface area (Å²) in [6, 6.07) is 14.1. The molecule has 0 unspecified atom stereocenters. The van der Waals surface area contributed by atoms with E-state index in [2.05, 4.69) is 34.2 Å². The lowest BCUT2D eigenvalue weighted by atomic mass is 10.1. The Morgan fingerprint density at radius 3 is 2.73 bits per heavy atom. The van der Waals surface area contributed by atoms with Crippen LogP contribution in [0.1, 0.15) is 12.5 Å². The maximum atomic E-state index is 5.87. The summed E-state index contributed by atoms with van der Waals surface area (Å²) >= 11 is 0. The van der Waals surface area contributed by atoms with E-state index in [4.69, 9.17) is 4.42 Å². The van der Waals surface area contributed by atoms with Gasteiger partial charge in [0.15, 0.2) is 5.58 Å². The Morgan fingerprint density at radius 2 is 1.91 bits per heavy atom. The number of rotatable bonds is 3. The molecule has 5 nitrogen and oxygen atoms in total. The molecule has 4 aromatic rings. The molecule has 4 rings (SSSR count). The minimum atomic E-state index is 0.623. The van der Waals surface area contributed by atoms with Crippen LogP contribution in [0.2, 0.25) is 0 Å². The van der Waals surface area contributed by atoms with Crippen molar-refractivity contribution < 1.29 is 4.42 Å². The van der Waals surface area contributed by atoms with Gasteiger partial charge in [0, 0.05) is 11.3 Å². The van der Waals surface area contributed by atoms with Crippen LogP contribution in [0.3, 0.4) is 0 Å². The van der Waals surface area contributed by atoms with Gasteiger partial charge in [-0.25, -0.2) is 4.98 Å². The Kier molecular flexibility index (Phi) is 2.96. The van der Waals surface area contributed by atoms with E-state index in [1.165, 1.54) is 5.56 Å². The molecule has 0 saturated heterocycles. The molecule has 0 bridgehead atoms. The average Bonchev–Trinajstić information content (AvgIpc) is 3.23. The van der Waals surface area contributed by atoms with Crippen LogP contribution in [0.4, 0.5) is 0 Å². The van der Waals surface area contributed by atoms with Crippen molar-refractivity contribution in [2.24, 2.45) is 0 Å². The first-order valence-corrected chi connectivity index (χ1v) is 7.18. The topological polar surface area (TPSA) is 56.7 Å². The molecular weight excluding hydrogens is 276 g/mol. The van der Waals surface area contributed by atoms with Crippen molar-refractivity contribution in [2.45, 2.75) is 13.3 Å². The zero-order valence-corrected chi connectivity index (χ0v) is 12.1. The smallest absolute Gasteiger partial charge is 0.227 e. The van der Waals surface area contributed by atoms with Gasteiger partial charge >= 0.3 is 0 Å². The molecule has 0 atom stereocenters. The minimum absolute atomic E-state index is 0.623. The summed E-state index contributed by atoms with van der Waals surface area (Å²) in [6.45, 7) is 2.13. The number of benzene rings is 2. The molecule has 0 radical (unpaired) electrons. The Hall–Kier alpha value is -2.95. The molecule has 108 valence electrons. The molecule has 0 aliphatic carbocycles. The van der Waals surface area contributed by atoms with Crippen molar-refractivity contribution in [3.63, 3.8) is 0 Å². The van der Waals surface area contributed by atoms with Crippen LogP contribution in [-0.4, -0.2) is 19.7 Å². The average molecular weight is 290 g/mol. The molecule has 22 heavy (non-hydrogen) atoms. The van der Waals surface area contributed by atoms with Crippen LogP contribution in [0.25, 0.3) is 28.2 Å². The van der Waals surface area contributed by atoms with Crippen molar-refractivity contribution in [3.8, 4) is 17.1 Å². The van der Waals surface area contributed by atoms with Crippen LogP contribution in [0.15, 0.2) is 59.5 Å². The number of oxazole rings is 1. The summed E-state index contributed by atoms with van der Waals surface area (Å²) in [4.78, 5) is 4.61. The summed E-state index contributed by atoms with van der Waals surface area (Å²) < 4.78 is 7.72. The fraction of sp³-hybridized carbons (Fsp3) is 0.118. The highest BCUT2D eigenvalue weighted by Gasteiger charge is 2.09. The summed E-state index contributed by atoms with van der Waals surface area (Å²) in [6.07, 6.45) is 4.32. The summed E-state index contributed by atoms with van der Waals surface area (Å²) in [5, 5.41) is 7.66. The van der Waals surface area contributed by atoms with Crippen molar-refractivity contribution in [1.29, 1.82) is 0 Å². The molecule has 2 aromatic carbocycles.